The molecule has 1 fully saturated rings. The van der Waals surface area contributed by atoms with Gasteiger partial charge in [0.25, 0.3) is 5.91 Å². The van der Waals surface area contributed by atoms with Crippen molar-refractivity contribution < 1.29 is 14.4 Å². The van der Waals surface area contributed by atoms with E-state index >= 15 is 0 Å². The molecule has 2 atom stereocenters. The van der Waals surface area contributed by atoms with Gasteiger partial charge in [0, 0.05) is 11.7 Å². The highest BCUT2D eigenvalue weighted by atomic mass is 16.2. The van der Waals surface area contributed by atoms with Crippen LogP contribution in [0.1, 0.15) is 25.0 Å². The Morgan fingerprint density at radius 3 is 2.78 bits per heavy atom. The number of amides is 4. The van der Waals surface area contributed by atoms with Crippen LogP contribution in [-0.2, 0) is 21.5 Å². The van der Waals surface area contributed by atoms with E-state index in [1.54, 1.807) is 36.1 Å². The molecule has 2 aliphatic heterocycles. The fourth-order valence-electron chi connectivity index (χ4n) is 4.43. The van der Waals surface area contributed by atoms with Gasteiger partial charge in [-0.1, -0.05) is 30.3 Å². The van der Waals surface area contributed by atoms with E-state index in [0.29, 0.717) is 11.3 Å². The zero-order chi connectivity index (χ0) is 22.5. The first-order valence-electron chi connectivity index (χ1n) is 10.3. The van der Waals surface area contributed by atoms with E-state index in [1.165, 1.54) is 11.0 Å². The highest BCUT2D eigenvalue weighted by molar-refractivity contribution is 6.11. The normalized spacial score (nSPS) is 22.2. The number of aromatic nitrogens is 4. The Morgan fingerprint density at radius 2 is 2.00 bits per heavy atom. The van der Waals surface area contributed by atoms with Gasteiger partial charge >= 0.3 is 6.03 Å². The minimum atomic E-state index is -1.31. The van der Waals surface area contributed by atoms with Crippen LogP contribution in [0, 0.1) is 0 Å². The second-order valence-electron chi connectivity index (χ2n) is 8.20. The molecule has 10 heteroatoms. The van der Waals surface area contributed by atoms with Crippen molar-refractivity contribution in [1.29, 1.82) is 0 Å². The Bertz CT molecular complexity index is 1230. The van der Waals surface area contributed by atoms with Crippen molar-refractivity contribution in [3.05, 3.63) is 66.0 Å². The first kappa shape index (κ1) is 19.9. The summed E-state index contributed by atoms with van der Waals surface area (Å²) in [6.07, 6.45) is 2.18. The fourth-order valence-corrected chi connectivity index (χ4v) is 4.43. The molecule has 4 amide bonds. The monoisotopic (exact) mass is 431 g/mol. The third-order valence-electron chi connectivity index (χ3n) is 6.08. The second kappa shape index (κ2) is 7.26. The highest BCUT2D eigenvalue weighted by Crippen LogP contribution is 2.33. The van der Waals surface area contributed by atoms with Crippen molar-refractivity contribution in [2.24, 2.45) is 0 Å². The van der Waals surface area contributed by atoms with Gasteiger partial charge in [0.1, 0.15) is 18.4 Å². The standard InChI is InChI=1S/C22H21N7O3/c1-14-10-15-6-3-4-9-18(15)29(14)19(30)12-27-20(31)22(2,24-21(27)32)16-7-5-8-17(11-16)28-13-23-25-26-28/h3-9,11,13-14H,10,12H2,1-2H3,(H,24,32)/t14-,22+/m0/s1. The summed E-state index contributed by atoms with van der Waals surface area (Å²) in [4.78, 5) is 41.9. The Labute approximate surface area is 183 Å². The van der Waals surface area contributed by atoms with Crippen LogP contribution in [0.5, 0.6) is 0 Å². The van der Waals surface area contributed by atoms with Gasteiger partial charge in [0.05, 0.1) is 5.69 Å². The molecule has 0 saturated carbocycles. The van der Waals surface area contributed by atoms with Crippen molar-refractivity contribution in [2.75, 3.05) is 11.4 Å². The number of hydrogen-bond acceptors (Lipinski definition) is 6. The number of tetrazole rings is 1. The van der Waals surface area contributed by atoms with Crippen LogP contribution < -0.4 is 10.2 Å². The van der Waals surface area contributed by atoms with Crippen molar-refractivity contribution >= 4 is 23.5 Å². The number of benzene rings is 2. The maximum Gasteiger partial charge on any atom is 0.325 e. The van der Waals surface area contributed by atoms with E-state index < -0.39 is 17.5 Å². The van der Waals surface area contributed by atoms with Crippen LogP contribution >= 0.6 is 0 Å². The maximum atomic E-state index is 13.3. The van der Waals surface area contributed by atoms with Gasteiger partial charge < -0.3 is 10.2 Å². The smallest absolute Gasteiger partial charge is 0.319 e. The molecule has 0 unspecified atom stereocenters. The predicted octanol–water partition coefficient (Wildman–Crippen LogP) is 1.41. The van der Waals surface area contributed by atoms with Gasteiger partial charge in [-0.2, -0.15) is 0 Å². The molecule has 5 rings (SSSR count). The molecule has 2 aromatic carbocycles. The van der Waals surface area contributed by atoms with Crippen LogP contribution in [0.3, 0.4) is 0 Å². The van der Waals surface area contributed by atoms with Crippen LogP contribution in [0.4, 0.5) is 10.5 Å². The number of hydrogen-bond donors (Lipinski definition) is 1. The Kier molecular flexibility index (Phi) is 4.50. The van der Waals surface area contributed by atoms with E-state index in [-0.39, 0.29) is 18.5 Å². The number of urea groups is 1. The number of fused-ring (bicyclic) bond motifs is 1. The first-order valence-corrected chi connectivity index (χ1v) is 10.3. The van der Waals surface area contributed by atoms with E-state index in [0.717, 1.165) is 22.6 Å². The van der Waals surface area contributed by atoms with E-state index in [2.05, 4.69) is 20.8 Å². The molecule has 1 aromatic heterocycles. The third-order valence-corrected chi connectivity index (χ3v) is 6.08. The van der Waals surface area contributed by atoms with Crippen molar-refractivity contribution in [2.45, 2.75) is 31.8 Å². The summed E-state index contributed by atoms with van der Waals surface area (Å²) < 4.78 is 1.46. The summed E-state index contributed by atoms with van der Waals surface area (Å²) in [5.41, 5.74) is 1.81. The topological polar surface area (TPSA) is 113 Å². The average molecular weight is 431 g/mol. The highest BCUT2D eigenvalue weighted by Gasteiger charge is 2.50. The van der Waals surface area contributed by atoms with Gasteiger partial charge in [-0.05, 0) is 60.0 Å². The molecule has 162 valence electrons. The van der Waals surface area contributed by atoms with Gasteiger partial charge in [-0.3, -0.25) is 14.5 Å². The van der Waals surface area contributed by atoms with Crippen LogP contribution in [0.15, 0.2) is 54.9 Å². The number of nitrogens with one attached hydrogen (secondary N) is 1. The molecule has 0 aliphatic carbocycles. The molecule has 3 aromatic rings. The van der Waals surface area contributed by atoms with E-state index in [1.807, 2.05) is 31.2 Å². The molecule has 32 heavy (non-hydrogen) atoms. The number of rotatable bonds is 4. The lowest BCUT2D eigenvalue weighted by Crippen LogP contribution is -2.46. The van der Waals surface area contributed by atoms with Crippen LogP contribution in [0.2, 0.25) is 0 Å². The van der Waals surface area contributed by atoms with E-state index in [9.17, 15) is 14.4 Å². The zero-order valence-electron chi connectivity index (χ0n) is 17.6. The van der Waals surface area contributed by atoms with Crippen LogP contribution in [0.25, 0.3) is 5.69 Å². The van der Waals surface area contributed by atoms with Gasteiger partial charge in [-0.15, -0.1) is 5.10 Å². The zero-order valence-corrected chi connectivity index (χ0v) is 17.6. The Morgan fingerprint density at radius 1 is 1.19 bits per heavy atom. The summed E-state index contributed by atoms with van der Waals surface area (Å²) in [6, 6.07) is 14.1. The Balaban J connectivity index is 1.40. The lowest BCUT2D eigenvalue weighted by atomic mass is 9.91. The predicted molar refractivity (Wildman–Crippen MR) is 114 cm³/mol. The number of carbonyl (C=O) groups is 3. The molecule has 10 nitrogen and oxygen atoms in total. The van der Waals surface area contributed by atoms with Gasteiger partial charge in [0.15, 0.2) is 0 Å². The number of anilines is 1. The van der Waals surface area contributed by atoms with Gasteiger partial charge in [0.2, 0.25) is 5.91 Å². The van der Waals surface area contributed by atoms with Crippen molar-refractivity contribution in [1.82, 2.24) is 30.4 Å². The number of para-hydroxylation sites is 1. The average Bonchev–Trinajstić information content (AvgIpc) is 3.48. The van der Waals surface area contributed by atoms with E-state index in [4.69, 9.17) is 0 Å². The molecular weight excluding hydrogens is 410 g/mol. The summed E-state index contributed by atoms with van der Waals surface area (Å²) in [5, 5.41) is 13.8. The fraction of sp³-hybridized carbons (Fsp3) is 0.273. The number of carbonyl (C=O) groups excluding carboxylic acids is 3. The van der Waals surface area contributed by atoms with Crippen LogP contribution in [-0.4, -0.2) is 55.5 Å². The third kappa shape index (κ3) is 3.03. The molecule has 3 heterocycles. The molecule has 0 spiro atoms. The van der Waals surface area contributed by atoms with Crippen molar-refractivity contribution in [3.8, 4) is 5.69 Å². The summed E-state index contributed by atoms with van der Waals surface area (Å²) in [6.45, 7) is 3.26. The number of imide groups is 1. The quantitative estimate of drug-likeness (QED) is 0.625. The molecule has 1 saturated heterocycles. The van der Waals surface area contributed by atoms with Crippen molar-refractivity contribution in [3.63, 3.8) is 0 Å². The largest absolute Gasteiger partial charge is 0.325 e. The molecular formula is C22H21N7O3. The minimum absolute atomic E-state index is 0.0416. The lowest BCUT2D eigenvalue weighted by molar-refractivity contribution is -0.134. The summed E-state index contributed by atoms with van der Waals surface area (Å²) in [7, 11) is 0. The Hall–Kier alpha value is -4.08. The molecule has 0 radical (unpaired) electrons. The molecule has 1 N–H and O–H groups in total. The second-order valence-corrected chi connectivity index (χ2v) is 8.20. The molecule has 2 aliphatic rings. The summed E-state index contributed by atoms with van der Waals surface area (Å²) in [5.74, 6) is -0.775. The number of nitrogens with zero attached hydrogens (tertiary/aromatic N) is 6. The molecule has 0 bridgehead atoms. The maximum absolute atomic E-state index is 13.3. The minimum Gasteiger partial charge on any atom is -0.319 e. The summed E-state index contributed by atoms with van der Waals surface area (Å²) >= 11 is 0. The SMILES string of the molecule is C[C@H]1Cc2ccccc2N1C(=O)CN1C(=O)N[C@](C)(c2cccc(-n3cnnn3)c2)C1=O. The van der Waals surface area contributed by atoms with Gasteiger partial charge in [-0.25, -0.2) is 9.48 Å². The first-order chi connectivity index (χ1) is 15.4. The lowest BCUT2D eigenvalue weighted by Gasteiger charge is -2.26.